The Balaban J connectivity index is 1.83. The first kappa shape index (κ1) is 21.1. The van der Waals surface area contributed by atoms with E-state index in [1.165, 1.54) is 9.18 Å². The predicted octanol–water partition coefficient (Wildman–Crippen LogP) is 1.28. The largest absolute Gasteiger partial charge is 0.373 e. The second-order valence-corrected chi connectivity index (χ2v) is 9.53. The molecule has 1 aliphatic rings. The lowest BCUT2D eigenvalue weighted by Crippen LogP contribution is -2.49. The van der Waals surface area contributed by atoms with Crippen molar-refractivity contribution in [1.29, 1.82) is 0 Å². The van der Waals surface area contributed by atoms with Crippen LogP contribution in [-0.4, -0.2) is 69.4 Å². The van der Waals surface area contributed by atoms with Crippen molar-refractivity contribution in [2.45, 2.75) is 39.4 Å². The van der Waals surface area contributed by atoms with Gasteiger partial charge in [-0.3, -0.25) is 4.99 Å². The van der Waals surface area contributed by atoms with Gasteiger partial charge in [-0.05, 0) is 38.6 Å². The minimum atomic E-state index is -3.32. The van der Waals surface area contributed by atoms with Gasteiger partial charge in [-0.15, -0.1) is 11.3 Å². The van der Waals surface area contributed by atoms with Crippen LogP contribution >= 0.6 is 11.3 Å². The summed E-state index contributed by atoms with van der Waals surface area (Å²) in [5.74, 6) is 0.663. The van der Waals surface area contributed by atoms with Crippen molar-refractivity contribution in [2.75, 3.05) is 38.5 Å². The lowest BCUT2D eigenvalue weighted by Gasteiger charge is -2.34. The van der Waals surface area contributed by atoms with Gasteiger partial charge in [0.1, 0.15) is 0 Å². The summed E-state index contributed by atoms with van der Waals surface area (Å²) in [6, 6.07) is 4.14. The van der Waals surface area contributed by atoms with E-state index in [9.17, 15) is 8.42 Å². The van der Waals surface area contributed by atoms with Gasteiger partial charge in [-0.2, -0.15) is 4.31 Å². The zero-order valence-corrected chi connectivity index (χ0v) is 17.4. The molecule has 0 bridgehead atoms. The van der Waals surface area contributed by atoms with Gasteiger partial charge in [0.25, 0.3) is 0 Å². The summed E-state index contributed by atoms with van der Waals surface area (Å²) in [7, 11) is -3.32. The fourth-order valence-electron chi connectivity index (χ4n) is 2.86. The highest BCUT2D eigenvalue weighted by Gasteiger charge is 2.30. The summed E-state index contributed by atoms with van der Waals surface area (Å²) >= 11 is 1.73. The van der Waals surface area contributed by atoms with Gasteiger partial charge in [0.15, 0.2) is 5.96 Å². The molecule has 148 valence electrons. The molecule has 1 aromatic heterocycles. The number of aliphatic imine (C=N–C) groups is 1. The van der Waals surface area contributed by atoms with Gasteiger partial charge in [-0.25, -0.2) is 8.42 Å². The van der Waals surface area contributed by atoms with Crippen LogP contribution in [0.3, 0.4) is 0 Å². The summed E-state index contributed by atoms with van der Waals surface area (Å²) in [6.45, 7) is 8.34. The van der Waals surface area contributed by atoms with Crippen LogP contribution in [0.15, 0.2) is 22.5 Å². The molecular weight excluding hydrogens is 372 g/mol. The highest BCUT2D eigenvalue weighted by atomic mass is 32.2. The minimum absolute atomic E-state index is 0.00788. The molecule has 1 aromatic rings. The fourth-order valence-corrected chi connectivity index (χ4v) is 5.02. The lowest BCUT2D eigenvalue weighted by atomic mass is 10.3. The minimum Gasteiger partial charge on any atom is -0.373 e. The number of ether oxygens (including phenoxy) is 1. The third-order valence-corrected chi connectivity index (χ3v) is 6.71. The van der Waals surface area contributed by atoms with Gasteiger partial charge < -0.3 is 15.4 Å². The van der Waals surface area contributed by atoms with Crippen LogP contribution in [0.1, 0.15) is 25.6 Å². The molecule has 0 aromatic carbocycles. The molecule has 2 N–H and O–H groups in total. The molecule has 0 aliphatic carbocycles. The smallest absolute Gasteiger partial charge is 0.216 e. The second kappa shape index (κ2) is 10.2. The molecule has 0 saturated carbocycles. The number of hydrogen-bond acceptors (Lipinski definition) is 5. The van der Waals surface area contributed by atoms with Gasteiger partial charge in [-0.1, -0.05) is 6.07 Å². The van der Waals surface area contributed by atoms with Crippen molar-refractivity contribution in [2.24, 2.45) is 4.99 Å². The second-order valence-electron chi connectivity index (χ2n) is 6.41. The van der Waals surface area contributed by atoms with E-state index in [1.54, 1.807) is 11.3 Å². The number of guanidine groups is 1. The van der Waals surface area contributed by atoms with E-state index >= 15 is 0 Å². The van der Waals surface area contributed by atoms with Crippen molar-refractivity contribution < 1.29 is 13.2 Å². The quantitative estimate of drug-likeness (QED) is 0.506. The Hall–Kier alpha value is -1.16. The zero-order valence-electron chi connectivity index (χ0n) is 15.8. The van der Waals surface area contributed by atoms with Crippen LogP contribution in [-0.2, 0) is 21.2 Å². The van der Waals surface area contributed by atoms with E-state index in [-0.39, 0.29) is 24.5 Å². The molecule has 1 fully saturated rings. The topological polar surface area (TPSA) is 83.0 Å². The van der Waals surface area contributed by atoms with E-state index in [0.717, 1.165) is 19.5 Å². The van der Waals surface area contributed by atoms with Crippen molar-refractivity contribution in [3.63, 3.8) is 0 Å². The first-order chi connectivity index (χ1) is 12.4. The van der Waals surface area contributed by atoms with E-state index in [4.69, 9.17) is 4.74 Å². The maximum absolute atomic E-state index is 12.5. The summed E-state index contributed by atoms with van der Waals surface area (Å²) in [5, 5.41) is 8.47. The molecule has 2 rings (SSSR count). The Morgan fingerprint density at radius 3 is 2.69 bits per heavy atom. The third-order valence-electron chi connectivity index (χ3n) is 3.99. The molecular formula is C17H30N4O3S2. The van der Waals surface area contributed by atoms with E-state index < -0.39 is 10.0 Å². The maximum Gasteiger partial charge on any atom is 0.216 e. The van der Waals surface area contributed by atoms with E-state index in [1.807, 2.05) is 26.8 Å². The molecule has 7 nitrogen and oxygen atoms in total. The van der Waals surface area contributed by atoms with Crippen molar-refractivity contribution in [1.82, 2.24) is 14.9 Å². The SMILES string of the molecule is CCNC(=NCCS(=O)(=O)N1CC(C)OC(C)C1)NCCc1cccs1. The average Bonchev–Trinajstić information content (AvgIpc) is 3.07. The van der Waals surface area contributed by atoms with Gasteiger partial charge in [0, 0.05) is 31.1 Å². The third kappa shape index (κ3) is 6.86. The monoisotopic (exact) mass is 402 g/mol. The molecule has 9 heteroatoms. The molecule has 0 amide bonds. The van der Waals surface area contributed by atoms with Crippen molar-refractivity contribution in [3.05, 3.63) is 22.4 Å². The normalized spacial score (nSPS) is 22.3. The first-order valence-corrected chi connectivity index (χ1v) is 11.6. The number of nitrogens with zero attached hydrogens (tertiary/aromatic N) is 2. The molecule has 2 heterocycles. The lowest BCUT2D eigenvalue weighted by molar-refractivity contribution is -0.0440. The Morgan fingerprint density at radius 2 is 2.08 bits per heavy atom. The maximum atomic E-state index is 12.5. The number of rotatable bonds is 8. The Bertz CT molecular complexity index is 652. The van der Waals surface area contributed by atoms with Crippen molar-refractivity contribution >= 4 is 27.3 Å². The average molecular weight is 403 g/mol. The standard InChI is InChI=1S/C17H30N4O3S2/c1-4-18-17(19-8-7-16-6-5-10-25-16)20-9-11-26(22,23)21-12-14(2)24-15(3)13-21/h5-6,10,14-15H,4,7-9,11-13H2,1-3H3,(H2,18,19,20). The Morgan fingerprint density at radius 1 is 1.35 bits per heavy atom. The number of thiophene rings is 1. The molecule has 2 atom stereocenters. The Kier molecular flexibility index (Phi) is 8.33. The van der Waals surface area contributed by atoms with E-state index in [2.05, 4.69) is 27.1 Å². The molecule has 26 heavy (non-hydrogen) atoms. The van der Waals surface area contributed by atoms with Crippen LogP contribution < -0.4 is 10.6 Å². The first-order valence-electron chi connectivity index (χ1n) is 9.08. The molecule has 2 unspecified atom stereocenters. The van der Waals surface area contributed by atoms with E-state index in [0.29, 0.717) is 19.0 Å². The summed E-state index contributed by atoms with van der Waals surface area (Å²) in [6.07, 6.45) is 0.769. The molecule has 1 aliphatic heterocycles. The van der Waals surface area contributed by atoms with Gasteiger partial charge in [0.05, 0.1) is 24.5 Å². The highest BCUT2D eigenvalue weighted by molar-refractivity contribution is 7.89. The van der Waals surface area contributed by atoms with Crippen LogP contribution in [0.4, 0.5) is 0 Å². The van der Waals surface area contributed by atoms with Crippen LogP contribution in [0.5, 0.6) is 0 Å². The van der Waals surface area contributed by atoms with Crippen LogP contribution in [0.25, 0.3) is 0 Å². The number of nitrogens with one attached hydrogen (secondary N) is 2. The van der Waals surface area contributed by atoms with Crippen molar-refractivity contribution in [3.8, 4) is 0 Å². The predicted molar refractivity (Wildman–Crippen MR) is 107 cm³/mol. The zero-order chi connectivity index (χ0) is 19.0. The van der Waals surface area contributed by atoms with Gasteiger partial charge >= 0.3 is 0 Å². The molecule has 1 saturated heterocycles. The number of hydrogen-bond donors (Lipinski definition) is 2. The Labute approximate surface area is 160 Å². The van der Waals surface area contributed by atoms with Crippen LogP contribution in [0.2, 0.25) is 0 Å². The highest BCUT2D eigenvalue weighted by Crippen LogP contribution is 2.14. The summed E-state index contributed by atoms with van der Waals surface area (Å²) in [4.78, 5) is 5.72. The summed E-state index contributed by atoms with van der Waals surface area (Å²) < 4.78 is 32.2. The van der Waals surface area contributed by atoms with Gasteiger partial charge in [0.2, 0.25) is 10.0 Å². The number of morpholine rings is 1. The fraction of sp³-hybridized carbons (Fsp3) is 0.706. The summed E-state index contributed by atoms with van der Waals surface area (Å²) in [5.41, 5.74) is 0. The molecule has 0 radical (unpaired) electrons. The molecule has 0 spiro atoms. The van der Waals surface area contributed by atoms with Crippen LogP contribution in [0, 0.1) is 0 Å². The number of sulfonamides is 1.